The zero-order chi connectivity index (χ0) is 17.0. The molecule has 2 aromatic rings. The third kappa shape index (κ3) is 4.75. The van der Waals surface area contributed by atoms with Crippen LogP contribution in [0.3, 0.4) is 0 Å². The van der Waals surface area contributed by atoms with Gasteiger partial charge in [0.15, 0.2) is 0 Å². The molecule has 0 saturated carbocycles. The summed E-state index contributed by atoms with van der Waals surface area (Å²) in [4.78, 5) is 15.0. The van der Waals surface area contributed by atoms with Gasteiger partial charge >= 0.3 is 12.1 Å². The molecule has 2 rings (SSSR count). The molecule has 3 N–H and O–H groups in total. The molecule has 8 heteroatoms. The monoisotopic (exact) mass is 340 g/mol. The van der Waals surface area contributed by atoms with E-state index in [1.54, 1.807) is 18.2 Å². The normalized spacial score (nSPS) is 11.8. The molecule has 120 valence electrons. The van der Waals surface area contributed by atoms with Gasteiger partial charge in [-0.1, -0.05) is 11.8 Å². The van der Waals surface area contributed by atoms with Crippen LogP contribution in [0.1, 0.15) is 11.1 Å². The largest absolute Gasteiger partial charge is 0.478 e. The summed E-state index contributed by atoms with van der Waals surface area (Å²) in [6, 6.07) is 7.05. The van der Waals surface area contributed by atoms with Gasteiger partial charge in [0.25, 0.3) is 0 Å². The van der Waals surface area contributed by atoms with E-state index >= 15 is 0 Å². The highest BCUT2D eigenvalue weighted by molar-refractivity contribution is 7.99. The molecule has 0 fully saturated rings. The van der Waals surface area contributed by atoms with E-state index in [4.69, 9.17) is 10.8 Å². The van der Waals surface area contributed by atoms with E-state index in [2.05, 4.69) is 4.98 Å². The molecular weight excluding hydrogens is 329 g/mol. The van der Waals surface area contributed by atoms with Gasteiger partial charge in [-0.3, -0.25) is 0 Å². The molecule has 0 amide bonds. The Balaban J connectivity index is 2.27. The highest BCUT2D eigenvalue weighted by Gasteiger charge is 2.30. The Morgan fingerprint density at radius 1 is 1.26 bits per heavy atom. The van der Waals surface area contributed by atoms with E-state index in [1.807, 2.05) is 0 Å². The second kappa shape index (κ2) is 6.74. The molecule has 1 heterocycles. The van der Waals surface area contributed by atoms with Gasteiger partial charge in [-0.15, -0.1) is 0 Å². The Labute approximate surface area is 133 Å². The van der Waals surface area contributed by atoms with Gasteiger partial charge < -0.3 is 10.8 Å². The molecular formula is C15H11F3N2O2S. The molecule has 0 bridgehead atoms. The van der Waals surface area contributed by atoms with Gasteiger partial charge in [-0.2, -0.15) is 13.2 Å². The number of nitrogens with two attached hydrogens (primary N) is 1. The van der Waals surface area contributed by atoms with Crippen molar-refractivity contribution in [2.24, 2.45) is 0 Å². The first-order valence-corrected chi connectivity index (χ1v) is 7.09. The van der Waals surface area contributed by atoms with Crippen LogP contribution in [0.5, 0.6) is 0 Å². The number of hydrogen-bond acceptors (Lipinski definition) is 4. The number of anilines is 1. The number of aromatic nitrogens is 1. The summed E-state index contributed by atoms with van der Waals surface area (Å²) in [7, 11) is 0. The summed E-state index contributed by atoms with van der Waals surface area (Å²) >= 11 is 1.12. The lowest BCUT2D eigenvalue weighted by atomic mass is 10.2. The van der Waals surface area contributed by atoms with Crippen molar-refractivity contribution in [2.45, 2.75) is 16.1 Å². The Morgan fingerprint density at radius 3 is 2.57 bits per heavy atom. The third-order valence-corrected chi connectivity index (χ3v) is 3.76. The number of nitrogen functional groups attached to an aromatic ring is 1. The molecule has 0 aliphatic rings. The lowest BCUT2D eigenvalue weighted by molar-refractivity contribution is -0.138. The van der Waals surface area contributed by atoms with Crippen molar-refractivity contribution in [3.05, 3.63) is 53.7 Å². The quantitative estimate of drug-likeness (QED) is 0.651. The van der Waals surface area contributed by atoms with Crippen LogP contribution in [-0.4, -0.2) is 16.1 Å². The van der Waals surface area contributed by atoms with Gasteiger partial charge in [-0.25, -0.2) is 9.78 Å². The van der Waals surface area contributed by atoms with E-state index in [0.29, 0.717) is 21.2 Å². The van der Waals surface area contributed by atoms with E-state index in [0.717, 1.165) is 30.1 Å². The average Bonchev–Trinajstić information content (AvgIpc) is 2.47. The Bertz CT molecular complexity index is 743. The summed E-state index contributed by atoms with van der Waals surface area (Å²) < 4.78 is 37.5. The SMILES string of the molecule is Nc1ccc(Sc2ccc(C(F)(F)F)cn2)c(/C=C/C(=O)O)c1. The van der Waals surface area contributed by atoms with Crippen LogP contribution in [0.15, 0.2) is 52.5 Å². The predicted molar refractivity (Wildman–Crippen MR) is 80.9 cm³/mol. The zero-order valence-corrected chi connectivity index (χ0v) is 12.4. The lowest BCUT2D eigenvalue weighted by Gasteiger charge is -2.08. The number of carbonyl (C=O) groups is 1. The number of halogens is 3. The highest BCUT2D eigenvalue weighted by atomic mass is 32.2. The third-order valence-electron chi connectivity index (χ3n) is 2.72. The van der Waals surface area contributed by atoms with Crippen molar-refractivity contribution in [1.82, 2.24) is 4.98 Å². The highest BCUT2D eigenvalue weighted by Crippen LogP contribution is 2.33. The van der Waals surface area contributed by atoms with Gasteiger partial charge in [0, 0.05) is 22.9 Å². The maximum atomic E-state index is 12.5. The van der Waals surface area contributed by atoms with Crippen molar-refractivity contribution in [2.75, 3.05) is 5.73 Å². The maximum Gasteiger partial charge on any atom is 0.417 e. The van der Waals surface area contributed by atoms with E-state index in [9.17, 15) is 18.0 Å². The number of nitrogens with zero attached hydrogens (tertiary/aromatic N) is 1. The molecule has 0 radical (unpaired) electrons. The van der Waals surface area contributed by atoms with Crippen molar-refractivity contribution >= 4 is 29.5 Å². The number of carboxylic acid groups (broad SMARTS) is 1. The van der Waals surface area contributed by atoms with E-state index in [1.165, 1.54) is 12.1 Å². The van der Waals surface area contributed by atoms with Crippen LogP contribution in [0, 0.1) is 0 Å². The zero-order valence-electron chi connectivity index (χ0n) is 11.5. The summed E-state index contributed by atoms with van der Waals surface area (Å²) in [6.45, 7) is 0. The summed E-state index contributed by atoms with van der Waals surface area (Å²) in [5.74, 6) is -1.11. The summed E-state index contributed by atoms with van der Waals surface area (Å²) in [6.07, 6.45) is -1.36. The molecule has 0 unspecified atom stereocenters. The van der Waals surface area contributed by atoms with Gasteiger partial charge in [0.2, 0.25) is 0 Å². The topological polar surface area (TPSA) is 76.2 Å². The Kier molecular flexibility index (Phi) is 4.95. The van der Waals surface area contributed by atoms with E-state index in [-0.39, 0.29) is 0 Å². The van der Waals surface area contributed by atoms with Crippen molar-refractivity contribution < 1.29 is 23.1 Å². The molecule has 0 aliphatic heterocycles. The second-order valence-corrected chi connectivity index (χ2v) is 5.52. The minimum atomic E-state index is -4.44. The fraction of sp³-hybridized carbons (Fsp3) is 0.0667. The average molecular weight is 340 g/mol. The number of alkyl halides is 3. The van der Waals surface area contributed by atoms with E-state index < -0.39 is 17.7 Å². The number of aliphatic carboxylic acids is 1. The van der Waals surface area contributed by atoms with Crippen molar-refractivity contribution in [1.29, 1.82) is 0 Å². The van der Waals surface area contributed by atoms with Gasteiger partial charge in [0.05, 0.1) is 5.56 Å². The van der Waals surface area contributed by atoms with Crippen molar-refractivity contribution in [3.63, 3.8) is 0 Å². The molecule has 0 aliphatic carbocycles. The van der Waals surface area contributed by atoms with Gasteiger partial charge in [-0.05, 0) is 42.0 Å². The second-order valence-electron chi connectivity index (χ2n) is 4.45. The maximum absolute atomic E-state index is 12.5. The Morgan fingerprint density at radius 2 is 2.00 bits per heavy atom. The number of carboxylic acids is 1. The van der Waals surface area contributed by atoms with Crippen molar-refractivity contribution in [3.8, 4) is 0 Å². The van der Waals surface area contributed by atoms with Crippen LogP contribution in [-0.2, 0) is 11.0 Å². The molecule has 0 spiro atoms. The summed E-state index contributed by atoms with van der Waals surface area (Å²) in [5.41, 5.74) is 5.82. The van der Waals surface area contributed by atoms with Crippen LogP contribution < -0.4 is 5.73 Å². The number of benzene rings is 1. The fourth-order valence-corrected chi connectivity index (χ4v) is 2.52. The lowest BCUT2D eigenvalue weighted by Crippen LogP contribution is -2.05. The smallest absolute Gasteiger partial charge is 0.417 e. The van der Waals surface area contributed by atoms with Crippen LogP contribution >= 0.6 is 11.8 Å². The number of pyridine rings is 1. The molecule has 0 atom stereocenters. The molecule has 0 saturated heterocycles. The minimum Gasteiger partial charge on any atom is -0.478 e. The van der Waals surface area contributed by atoms with Crippen LogP contribution in [0.25, 0.3) is 6.08 Å². The van der Waals surface area contributed by atoms with Crippen LogP contribution in [0.4, 0.5) is 18.9 Å². The standard InChI is InChI=1S/C15H11F3N2O2S/c16-15(17,18)10-2-5-13(20-8-10)23-12-4-3-11(19)7-9(12)1-6-14(21)22/h1-8H,19H2,(H,21,22)/b6-1+. The number of rotatable bonds is 4. The Hall–Kier alpha value is -2.48. The molecule has 4 nitrogen and oxygen atoms in total. The first-order valence-electron chi connectivity index (χ1n) is 6.27. The first-order chi connectivity index (χ1) is 10.8. The first kappa shape index (κ1) is 16.9. The predicted octanol–water partition coefficient (Wildman–Crippen LogP) is 3.93. The van der Waals surface area contributed by atoms with Crippen LogP contribution in [0.2, 0.25) is 0 Å². The minimum absolute atomic E-state index is 0.354. The fourth-order valence-electron chi connectivity index (χ4n) is 1.67. The molecule has 23 heavy (non-hydrogen) atoms. The molecule has 1 aromatic carbocycles. The van der Waals surface area contributed by atoms with Gasteiger partial charge in [0.1, 0.15) is 5.03 Å². The summed E-state index contributed by atoms with van der Waals surface area (Å²) in [5, 5.41) is 9.04. The molecule has 1 aromatic heterocycles. The number of hydrogen-bond donors (Lipinski definition) is 2.